The van der Waals surface area contributed by atoms with Crippen molar-refractivity contribution in [1.29, 1.82) is 0 Å². The number of aromatic nitrogens is 2. The van der Waals surface area contributed by atoms with Crippen LogP contribution in [0.4, 0.5) is 0 Å². The zero-order chi connectivity index (χ0) is 25.9. The molecule has 2 N–H and O–H groups in total. The SMILES string of the molecule is COc1ccc(-n2c(SCC(=O)N/N=C(\C)c3ccccc3O)nc3sc4c(c3c2=O)CCCC4)cc1. The van der Waals surface area contributed by atoms with Crippen LogP contribution >= 0.6 is 23.1 Å². The van der Waals surface area contributed by atoms with Gasteiger partial charge >= 0.3 is 0 Å². The van der Waals surface area contributed by atoms with Crippen molar-refractivity contribution in [3.63, 3.8) is 0 Å². The number of carbonyl (C=O) groups excluding carboxylic acids is 1. The van der Waals surface area contributed by atoms with Crippen molar-refractivity contribution in [3.8, 4) is 17.2 Å². The van der Waals surface area contributed by atoms with E-state index in [2.05, 4.69) is 10.5 Å². The Morgan fingerprint density at radius 2 is 1.95 bits per heavy atom. The minimum Gasteiger partial charge on any atom is -0.507 e. The topological polar surface area (TPSA) is 106 Å². The Labute approximate surface area is 222 Å². The average Bonchev–Trinajstić information content (AvgIpc) is 3.29. The standard InChI is InChI=1S/C27H26N4O4S2/c1-16(19-7-3-5-9-21(19)32)29-30-23(33)15-36-27-28-25-24(20-8-4-6-10-22(20)37-25)26(34)31(27)17-11-13-18(35-2)14-12-17/h3,5,7,9,11-14,32H,4,6,8,10,15H2,1-2H3,(H,30,33)/b29-16+. The Hall–Kier alpha value is -3.63. The van der Waals surface area contributed by atoms with Crippen LogP contribution in [0.15, 0.2) is 63.6 Å². The van der Waals surface area contributed by atoms with Crippen molar-refractivity contribution in [2.75, 3.05) is 12.9 Å². The zero-order valence-electron chi connectivity index (χ0n) is 20.5. The first kappa shape index (κ1) is 25.0. The van der Waals surface area contributed by atoms with Gasteiger partial charge in [0.25, 0.3) is 11.5 Å². The molecule has 0 radical (unpaired) electrons. The second-order valence-corrected chi connectivity index (χ2v) is 10.7. The van der Waals surface area contributed by atoms with Crippen molar-refractivity contribution < 1.29 is 14.6 Å². The van der Waals surface area contributed by atoms with Gasteiger partial charge in [-0.05, 0) is 74.6 Å². The fraction of sp³-hybridized carbons (Fsp3) is 0.259. The number of hydrogen-bond acceptors (Lipinski definition) is 8. The molecule has 5 rings (SSSR count). The van der Waals surface area contributed by atoms with Crippen LogP contribution in [0.25, 0.3) is 15.9 Å². The fourth-order valence-corrected chi connectivity index (χ4v) is 6.50. The van der Waals surface area contributed by atoms with E-state index in [9.17, 15) is 14.7 Å². The summed E-state index contributed by atoms with van der Waals surface area (Å²) in [7, 11) is 1.59. The molecule has 0 fully saturated rings. The first-order chi connectivity index (χ1) is 18.0. The molecule has 10 heteroatoms. The lowest BCUT2D eigenvalue weighted by molar-refractivity contribution is -0.118. The monoisotopic (exact) mass is 534 g/mol. The highest BCUT2D eigenvalue weighted by atomic mass is 32.2. The van der Waals surface area contributed by atoms with Crippen LogP contribution < -0.4 is 15.7 Å². The molecular weight excluding hydrogens is 508 g/mol. The summed E-state index contributed by atoms with van der Waals surface area (Å²) in [5, 5.41) is 15.2. The van der Waals surface area contributed by atoms with E-state index in [1.807, 2.05) is 12.1 Å². The van der Waals surface area contributed by atoms with Crippen LogP contribution in [-0.4, -0.2) is 39.1 Å². The number of phenols is 1. The number of nitrogens with one attached hydrogen (secondary N) is 1. The summed E-state index contributed by atoms with van der Waals surface area (Å²) in [6.45, 7) is 1.71. The summed E-state index contributed by atoms with van der Waals surface area (Å²) in [5.74, 6) is 0.439. The number of thiophene rings is 1. The van der Waals surface area contributed by atoms with Gasteiger partial charge in [-0.25, -0.2) is 10.4 Å². The molecular formula is C27H26N4O4S2. The number of hydrazone groups is 1. The summed E-state index contributed by atoms with van der Waals surface area (Å²) >= 11 is 2.76. The molecule has 0 bridgehead atoms. The Balaban J connectivity index is 1.45. The van der Waals surface area contributed by atoms with Gasteiger partial charge in [0.2, 0.25) is 0 Å². The summed E-state index contributed by atoms with van der Waals surface area (Å²) in [6, 6.07) is 14.0. The smallest absolute Gasteiger partial charge is 0.267 e. The Morgan fingerprint density at radius 1 is 1.19 bits per heavy atom. The van der Waals surface area contributed by atoms with Gasteiger partial charge in [0.15, 0.2) is 5.16 Å². The Kier molecular flexibility index (Phi) is 7.29. The number of methoxy groups -OCH3 is 1. The summed E-state index contributed by atoms with van der Waals surface area (Å²) in [4.78, 5) is 33.3. The summed E-state index contributed by atoms with van der Waals surface area (Å²) < 4.78 is 6.86. The second kappa shape index (κ2) is 10.8. The third-order valence-corrected chi connectivity index (χ3v) is 8.39. The third kappa shape index (κ3) is 5.12. The largest absolute Gasteiger partial charge is 0.507 e. The molecule has 37 heavy (non-hydrogen) atoms. The van der Waals surface area contributed by atoms with Crippen LogP contribution in [0.1, 0.15) is 35.8 Å². The van der Waals surface area contributed by atoms with Gasteiger partial charge in [-0.15, -0.1) is 11.3 Å². The highest BCUT2D eigenvalue weighted by Gasteiger charge is 2.23. The Morgan fingerprint density at radius 3 is 2.70 bits per heavy atom. The first-order valence-corrected chi connectivity index (χ1v) is 13.7. The number of amides is 1. The first-order valence-electron chi connectivity index (χ1n) is 11.9. The average molecular weight is 535 g/mol. The van der Waals surface area contributed by atoms with E-state index in [0.717, 1.165) is 36.1 Å². The molecule has 0 spiro atoms. The van der Waals surface area contributed by atoms with E-state index in [1.165, 1.54) is 16.6 Å². The molecule has 2 aromatic heterocycles. The lowest BCUT2D eigenvalue weighted by Crippen LogP contribution is -2.24. The second-order valence-electron chi connectivity index (χ2n) is 8.66. The van der Waals surface area contributed by atoms with Crippen LogP contribution in [0.3, 0.4) is 0 Å². The van der Waals surface area contributed by atoms with Crippen LogP contribution in [0.2, 0.25) is 0 Å². The van der Waals surface area contributed by atoms with Crippen molar-refractivity contribution >= 4 is 44.9 Å². The molecule has 190 valence electrons. The molecule has 0 saturated carbocycles. The molecule has 0 saturated heterocycles. The van der Waals surface area contributed by atoms with Crippen molar-refractivity contribution in [2.24, 2.45) is 5.10 Å². The van der Waals surface area contributed by atoms with E-state index in [-0.39, 0.29) is 23.0 Å². The third-order valence-electron chi connectivity index (χ3n) is 6.26. The van der Waals surface area contributed by atoms with E-state index in [1.54, 1.807) is 66.3 Å². The number of carbonyl (C=O) groups is 1. The van der Waals surface area contributed by atoms with E-state index in [4.69, 9.17) is 9.72 Å². The lowest BCUT2D eigenvalue weighted by atomic mass is 9.97. The maximum atomic E-state index is 13.8. The number of rotatable bonds is 7. The molecule has 2 aromatic carbocycles. The number of thioether (sulfide) groups is 1. The Bertz CT molecular complexity index is 1560. The quantitative estimate of drug-likeness (QED) is 0.154. The lowest BCUT2D eigenvalue weighted by Gasteiger charge is -2.14. The minimum absolute atomic E-state index is 0.0107. The maximum absolute atomic E-state index is 13.8. The van der Waals surface area contributed by atoms with Crippen LogP contribution in [0, 0.1) is 0 Å². The van der Waals surface area contributed by atoms with Crippen LogP contribution in [0.5, 0.6) is 11.5 Å². The highest BCUT2D eigenvalue weighted by molar-refractivity contribution is 7.99. The maximum Gasteiger partial charge on any atom is 0.267 e. The van der Waals surface area contributed by atoms with E-state index >= 15 is 0 Å². The molecule has 4 aromatic rings. The number of nitrogens with zero attached hydrogens (tertiary/aromatic N) is 3. The number of para-hydroxylation sites is 1. The highest BCUT2D eigenvalue weighted by Crippen LogP contribution is 2.35. The van der Waals surface area contributed by atoms with Crippen molar-refractivity contribution in [3.05, 3.63) is 74.9 Å². The van der Waals surface area contributed by atoms with E-state index in [0.29, 0.717) is 33.3 Å². The number of fused-ring (bicyclic) bond motifs is 3. The minimum atomic E-state index is -0.346. The fourth-order valence-electron chi connectivity index (χ4n) is 4.39. The molecule has 1 aliphatic carbocycles. The van der Waals surface area contributed by atoms with Crippen LogP contribution in [-0.2, 0) is 17.6 Å². The zero-order valence-corrected chi connectivity index (χ0v) is 22.1. The van der Waals surface area contributed by atoms with Crippen molar-refractivity contribution in [1.82, 2.24) is 15.0 Å². The number of ether oxygens (including phenoxy) is 1. The predicted molar refractivity (Wildman–Crippen MR) is 148 cm³/mol. The molecule has 1 aliphatic rings. The van der Waals surface area contributed by atoms with Gasteiger partial charge in [-0.2, -0.15) is 5.10 Å². The van der Waals surface area contributed by atoms with Crippen molar-refractivity contribution in [2.45, 2.75) is 37.8 Å². The van der Waals surface area contributed by atoms with Gasteiger partial charge in [-0.3, -0.25) is 14.2 Å². The number of hydrogen-bond donors (Lipinski definition) is 2. The molecule has 2 heterocycles. The number of benzene rings is 2. The van der Waals surface area contributed by atoms with Gasteiger partial charge in [0.1, 0.15) is 16.3 Å². The molecule has 8 nitrogen and oxygen atoms in total. The molecule has 0 aliphatic heterocycles. The number of aromatic hydroxyl groups is 1. The summed E-state index contributed by atoms with van der Waals surface area (Å²) in [6.07, 6.45) is 4.04. The van der Waals surface area contributed by atoms with Gasteiger partial charge < -0.3 is 9.84 Å². The van der Waals surface area contributed by atoms with Gasteiger partial charge in [0, 0.05) is 10.4 Å². The number of aryl methyl sites for hydroxylation is 2. The molecule has 1 amide bonds. The molecule has 0 atom stereocenters. The van der Waals surface area contributed by atoms with Gasteiger partial charge in [0.05, 0.1) is 29.6 Å². The molecule has 0 unspecified atom stereocenters. The van der Waals surface area contributed by atoms with Gasteiger partial charge in [-0.1, -0.05) is 23.9 Å². The predicted octanol–water partition coefficient (Wildman–Crippen LogP) is 4.67. The van der Waals surface area contributed by atoms with E-state index < -0.39 is 0 Å². The number of phenolic OH excluding ortho intramolecular Hbond substituents is 1. The summed E-state index contributed by atoms with van der Waals surface area (Å²) in [5.41, 5.74) is 5.21. The normalized spacial score (nSPS) is 13.4.